The number of hydrogen-bond acceptors (Lipinski definition) is 6. The van der Waals surface area contributed by atoms with Gasteiger partial charge < -0.3 is 15.8 Å². The number of esters is 1. The van der Waals surface area contributed by atoms with Gasteiger partial charge in [-0.25, -0.2) is 4.79 Å². The number of nitrogens with one attached hydrogen (secondary N) is 2. The Morgan fingerprint density at radius 1 is 1.53 bits per heavy atom. The van der Waals surface area contributed by atoms with Crippen LogP contribution in [0.2, 0.25) is 0 Å². The Bertz CT molecular complexity index is 531. The number of aromatic amines is 1. The minimum Gasteiger partial charge on any atom is -0.469 e. The molecule has 1 aromatic rings. The molecule has 1 rings (SSSR count). The summed E-state index contributed by atoms with van der Waals surface area (Å²) >= 11 is 0. The SMILES string of the molecule is COC(=O)CCNc1c(N)n(C)c(=O)[nH]c1=O. The summed E-state index contributed by atoms with van der Waals surface area (Å²) in [4.78, 5) is 35.5. The molecule has 1 aromatic heterocycles. The highest BCUT2D eigenvalue weighted by molar-refractivity contribution is 5.70. The molecule has 0 bridgehead atoms. The first kappa shape index (κ1) is 12.8. The number of carbonyl (C=O) groups is 1. The first-order valence-corrected chi connectivity index (χ1v) is 4.86. The van der Waals surface area contributed by atoms with Gasteiger partial charge in [-0.05, 0) is 0 Å². The summed E-state index contributed by atoms with van der Waals surface area (Å²) in [7, 11) is 2.70. The lowest BCUT2D eigenvalue weighted by Crippen LogP contribution is -2.32. The zero-order chi connectivity index (χ0) is 13.0. The third-order valence-electron chi connectivity index (χ3n) is 2.23. The maximum absolute atomic E-state index is 11.4. The highest BCUT2D eigenvalue weighted by atomic mass is 16.5. The van der Waals surface area contributed by atoms with Gasteiger partial charge in [-0.1, -0.05) is 0 Å². The number of H-pyrrole nitrogens is 1. The number of rotatable bonds is 4. The van der Waals surface area contributed by atoms with Crippen molar-refractivity contribution in [1.82, 2.24) is 9.55 Å². The quantitative estimate of drug-likeness (QED) is 0.560. The third kappa shape index (κ3) is 2.86. The second-order valence-corrected chi connectivity index (χ2v) is 3.33. The molecule has 0 amide bonds. The number of aromatic nitrogens is 2. The van der Waals surface area contributed by atoms with E-state index in [1.54, 1.807) is 0 Å². The van der Waals surface area contributed by atoms with E-state index in [0.29, 0.717) is 0 Å². The molecule has 17 heavy (non-hydrogen) atoms. The number of nitrogens with zero attached hydrogens (tertiary/aromatic N) is 1. The monoisotopic (exact) mass is 242 g/mol. The Kier molecular flexibility index (Phi) is 3.91. The number of carbonyl (C=O) groups excluding carboxylic acids is 1. The van der Waals surface area contributed by atoms with Gasteiger partial charge in [-0.2, -0.15) is 0 Å². The van der Waals surface area contributed by atoms with Crippen LogP contribution in [0.1, 0.15) is 6.42 Å². The molecule has 4 N–H and O–H groups in total. The first-order chi connectivity index (χ1) is 7.97. The Hall–Kier alpha value is -2.25. The summed E-state index contributed by atoms with van der Waals surface area (Å²) in [5.41, 5.74) is 4.46. The van der Waals surface area contributed by atoms with E-state index in [9.17, 15) is 14.4 Å². The maximum atomic E-state index is 11.4. The van der Waals surface area contributed by atoms with Gasteiger partial charge in [0.1, 0.15) is 11.5 Å². The summed E-state index contributed by atoms with van der Waals surface area (Å²) < 4.78 is 5.54. The van der Waals surface area contributed by atoms with Gasteiger partial charge in [0.15, 0.2) is 0 Å². The molecule has 0 aromatic carbocycles. The average molecular weight is 242 g/mol. The van der Waals surface area contributed by atoms with Gasteiger partial charge in [0.05, 0.1) is 13.5 Å². The number of hydrogen-bond donors (Lipinski definition) is 3. The normalized spacial score (nSPS) is 10.0. The van der Waals surface area contributed by atoms with E-state index in [1.807, 2.05) is 0 Å². The molecule has 0 fully saturated rings. The fourth-order valence-corrected chi connectivity index (χ4v) is 1.20. The smallest absolute Gasteiger partial charge is 0.329 e. The summed E-state index contributed by atoms with van der Waals surface area (Å²) in [6.45, 7) is 0.193. The molecule has 0 spiro atoms. The molecule has 0 saturated heterocycles. The summed E-state index contributed by atoms with van der Waals surface area (Å²) in [5, 5.41) is 2.69. The molecule has 1 heterocycles. The van der Waals surface area contributed by atoms with Crippen LogP contribution in [0, 0.1) is 0 Å². The van der Waals surface area contributed by atoms with Crippen LogP contribution in [0.15, 0.2) is 9.59 Å². The molecular weight excluding hydrogens is 228 g/mol. The number of methoxy groups -OCH3 is 1. The van der Waals surface area contributed by atoms with Crippen LogP contribution >= 0.6 is 0 Å². The van der Waals surface area contributed by atoms with Gasteiger partial charge in [0.25, 0.3) is 5.56 Å². The van der Waals surface area contributed by atoms with Crippen LogP contribution in [0.5, 0.6) is 0 Å². The summed E-state index contributed by atoms with van der Waals surface area (Å²) in [6, 6.07) is 0. The minimum atomic E-state index is -0.615. The second-order valence-electron chi connectivity index (χ2n) is 3.33. The van der Waals surface area contributed by atoms with E-state index < -0.39 is 17.2 Å². The van der Waals surface area contributed by atoms with Crippen LogP contribution in [0.4, 0.5) is 11.5 Å². The molecular formula is C9H14N4O4. The number of nitrogen functional groups attached to an aromatic ring is 1. The van der Waals surface area contributed by atoms with E-state index in [1.165, 1.54) is 14.2 Å². The largest absolute Gasteiger partial charge is 0.469 e. The van der Waals surface area contributed by atoms with Crippen molar-refractivity contribution in [3.05, 3.63) is 20.8 Å². The van der Waals surface area contributed by atoms with Crippen molar-refractivity contribution in [2.24, 2.45) is 7.05 Å². The van der Waals surface area contributed by atoms with Crippen molar-refractivity contribution < 1.29 is 9.53 Å². The topological polar surface area (TPSA) is 119 Å². The van der Waals surface area contributed by atoms with Gasteiger partial charge in [-0.15, -0.1) is 0 Å². The van der Waals surface area contributed by atoms with Crippen LogP contribution < -0.4 is 22.3 Å². The average Bonchev–Trinajstić information content (AvgIpc) is 2.30. The van der Waals surface area contributed by atoms with Crippen LogP contribution in [0.25, 0.3) is 0 Å². The van der Waals surface area contributed by atoms with Crippen molar-refractivity contribution in [2.45, 2.75) is 6.42 Å². The summed E-state index contributed by atoms with van der Waals surface area (Å²) in [5.74, 6) is -0.388. The number of ether oxygens (including phenoxy) is 1. The fourth-order valence-electron chi connectivity index (χ4n) is 1.20. The Morgan fingerprint density at radius 3 is 2.76 bits per heavy atom. The Morgan fingerprint density at radius 2 is 2.18 bits per heavy atom. The van der Waals surface area contributed by atoms with Crippen molar-refractivity contribution in [1.29, 1.82) is 0 Å². The van der Waals surface area contributed by atoms with Crippen molar-refractivity contribution >= 4 is 17.5 Å². The lowest BCUT2D eigenvalue weighted by atomic mass is 10.4. The zero-order valence-corrected chi connectivity index (χ0v) is 9.57. The van der Waals surface area contributed by atoms with Crippen molar-refractivity contribution in [3.8, 4) is 0 Å². The van der Waals surface area contributed by atoms with Crippen LogP contribution in [0.3, 0.4) is 0 Å². The number of nitrogens with two attached hydrogens (primary N) is 1. The molecule has 0 aliphatic rings. The molecule has 0 radical (unpaired) electrons. The lowest BCUT2D eigenvalue weighted by molar-refractivity contribution is -0.140. The lowest BCUT2D eigenvalue weighted by Gasteiger charge is -2.09. The molecule has 0 unspecified atom stereocenters. The maximum Gasteiger partial charge on any atom is 0.329 e. The van der Waals surface area contributed by atoms with E-state index in [4.69, 9.17) is 5.73 Å². The predicted octanol–water partition coefficient (Wildman–Crippen LogP) is -1.37. The Labute approximate surface area is 96.4 Å². The van der Waals surface area contributed by atoms with Crippen molar-refractivity contribution in [3.63, 3.8) is 0 Å². The molecule has 0 saturated carbocycles. The van der Waals surface area contributed by atoms with E-state index >= 15 is 0 Å². The Balaban J connectivity index is 2.86. The standard InChI is InChI=1S/C9H14N4O4/c1-13-7(10)6(8(15)12-9(13)16)11-4-3-5(14)17-2/h11H,3-4,10H2,1-2H3,(H,12,15,16). The van der Waals surface area contributed by atoms with E-state index in [-0.39, 0.29) is 24.5 Å². The van der Waals surface area contributed by atoms with E-state index in [0.717, 1.165) is 4.57 Å². The summed E-state index contributed by atoms with van der Waals surface area (Å²) in [6.07, 6.45) is 0.0955. The molecule has 0 aliphatic carbocycles. The second kappa shape index (κ2) is 5.19. The van der Waals surface area contributed by atoms with Gasteiger partial charge >= 0.3 is 11.7 Å². The third-order valence-corrected chi connectivity index (χ3v) is 2.23. The van der Waals surface area contributed by atoms with Crippen LogP contribution in [-0.2, 0) is 16.6 Å². The van der Waals surface area contributed by atoms with Gasteiger partial charge in [0, 0.05) is 13.6 Å². The first-order valence-electron chi connectivity index (χ1n) is 4.86. The fraction of sp³-hybridized carbons (Fsp3) is 0.444. The van der Waals surface area contributed by atoms with Gasteiger partial charge in [0.2, 0.25) is 0 Å². The number of anilines is 2. The highest BCUT2D eigenvalue weighted by Crippen LogP contribution is 2.07. The molecule has 8 heteroatoms. The molecule has 8 nitrogen and oxygen atoms in total. The highest BCUT2D eigenvalue weighted by Gasteiger charge is 2.09. The molecule has 0 aliphatic heterocycles. The predicted molar refractivity (Wildman–Crippen MR) is 61.8 cm³/mol. The molecule has 94 valence electrons. The zero-order valence-electron chi connectivity index (χ0n) is 9.57. The van der Waals surface area contributed by atoms with Crippen molar-refractivity contribution in [2.75, 3.05) is 24.7 Å². The van der Waals surface area contributed by atoms with Crippen LogP contribution in [-0.4, -0.2) is 29.2 Å². The van der Waals surface area contributed by atoms with Gasteiger partial charge in [-0.3, -0.25) is 19.1 Å². The minimum absolute atomic E-state index is 0.0172. The van der Waals surface area contributed by atoms with E-state index in [2.05, 4.69) is 15.0 Å². The molecule has 0 atom stereocenters.